The van der Waals surface area contributed by atoms with Crippen LogP contribution in [-0.2, 0) is 10.0 Å². The number of hydrogen-bond donors (Lipinski definition) is 0. The predicted molar refractivity (Wildman–Crippen MR) is 79.5 cm³/mol. The number of halogens is 1. The molecule has 0 bridgehead atoms. The Kier molecular flexibility index (Phi) is 3.70. The van der Waals surface area contributed by atoms with Crippen LogP contribution in [0, 0.1) is 0 Å². The molecule has 0 N–H and O–H groups in total. The van der Waals surface area contributed by atoms with Crippen LogP contribution in [0.5, 0.6) is 0 Å². The SMILES string of the molecule is O=S(=O)(c1ccc(Cl)s1)N1CCC[C@@H]1c1cccs1. The van der Waals surface area contributed by atoms with Gasteiger partial charge in [0.2, 0.25) is 0 Å². The monoisotopic (exact) mass is 333 g/mol. The molecule has 0 radical (unpaired) electrons. The summed E-state index contributed by atoms with van der Waals surface area (Å²) in [5, 5.41) is 1.99. The van der Waals surface area contributed by atoms with E-state index in [2.05, 4.69) is 0 Å². The van der Waals surface area contributed by atoms with Gasteiger partial charge in [0.1, 0.15) is 4.21 Å². The topological polar surface area (TPSA) is 37.4 Å². The average Bonchev–Trinajstić information content (AvgIpc) is 3.09. The minimum atomic E-state index is -3.42. The maximum atomic E-state index is 12.6. The van der Waals surface area contributed by atoms with Crippen molar-refractivity contribution < 1.29 is 8.42 Å². The van der Waals surface area contributed by atoms with Crippen molar-refractivity contribution in [2.45, 2.75) is 23.1 Å². The molecule has 102 valence electrons. The third-order valence-corrected chi connectivity index (χ3v) is 7.77. The van der Waals surface area contributed by atoms with E-state index in [1.165, 1.54) is 0 Å². The summed E-state index contributed by atoms with van der Waals surface area (Å²) in [6.45, 7) is 0.584. The molecule has 1 fully saturated rings. The Morgan fingerprint density at radius 3 is 2.79 bits per heavy atom. The minimum Gasteiger partial charge on any atom is -0.206 e. The highest BCUT2D eigenvalue weighted by Crippen LogP contribution is 2.40. The van der Waals surface area contributed by atoms with Crippen molar-refractivity contribution in [1.82, 2.24) is 4.31 Å². The molecule has 1 aliphatic rings. The molecule has 19 heavy (non-hydrogen) atoms. The molecule has 7 heteroatoms. The molecule has 3 nitrogen and oxygen atoms in total. The maximum Gasteiger partial charge on any atom is 0.253 e. The van der Waals surface area contributed by atoms with Gasteiger partial charge in [0.15, 0.2) is 0 Å². The largest absolute Gasteiger partial charge is 0.253 e. The Bertz CT molecular complexity index is 663. The molecule has 3 rings (SSSR count). The molecular weight excluding hydrogens is 322 g/mol. The third kappa shape index (κ3) is 2.48. The van der Waals surface area contributed by atoms with Crippen molar-refractivity contribution in [1.29, 1.82) is 0 Å². The van der Waals surface area contributed by atoms with E-state index in [1.807, 2.05) is 17.5 Å². The zero-order chi connectivity index (χ0) is 13.5. The van der Waals surface area contributed by atoms with Crippen molar-refractivity contribution in [2.75, 3.05) is 6.54 Å². The van der Waals surface area contributed by atoms with E-state index in [4.69, 9.17) is 11.6 Å². The summed E-state index contributed by atoms with van der Waals surface area (Å²) in [5.41, 5.74) is 0. The van der Waals surface area contributed by atoms with Gasteiger partial charge in [-0.25, -0.2) is 8.42 Å². The summed E-state index contributed by atoms with van der Waals surface area (Å²) in [6.07, 6.45) is 1.79. The summed E-state index contributed by atoms with van der Waals surface area (Å²) in [6, 6.07) is 7.17. The Balaban J connectivity index is 1.96. The Hall–Kier alpha value is -0.400. The van der Waals surface area contributed by atoms with Crippen LogP contribution in [0.15, 0.2) is 33.9 Å². The Labute approximate surface area is 125 Å². The number of thiophene rings is 2. The van der Waals surface area contributed by atoms with E-state index in [0.717, 1.165) is 29.1 Å². The fraction of sp³-hybridized carbons (Fsp3) is 0.333. The highest BCUT2D eigenvalue weighted by molar-refractivity contribution is 7.91. The van der Waals surface area contributed by atoms with Crippen LogP contribution in [-0.4, -0.2) is 19.3 Å². The third-order valence-electron chi connectivity index (χ3n) is 3.19. The van der Waals surface area contributed by atoms with Gasteiger partial charge in [-0.2, -0.15) is 4.31 Å². The summed E-state index contributed by atoms with van der Waals surface area (Å²) >= 11 is 8.58. The first-order chi connectivity index (χ1) is 9.09. The first-order valence-electron chi connectivity index (χ1n) is 5.89. The number of nitrogens with zero attached hydrogens (tertiary/aromatic N) is 1. The fourth-order valence-electron chi connectivity index (χ4n) is 2.34. The molecule has 2 aromatic heterocycles. The second-order valence-corrected chi connectivity index (χ2v) is 9.16. The lowest BCUT2D eigenvalue weighted by atomic mass is 10.2. The number of rotatable bonds is 3. The van der Waals surface area contributed by atoms with E-state index in [1.54, 1.807) is 27.8 Å². The lowest BCUT2D eigenvalue weighted by Gasteiger charge is -2.22. The van der Waals surface area contributed by atoms with Crippen LogP contribution < -0.4 is 0 Å². The van der Waals surface area contributed by atoms with E-state index < -0.39 is 10.0 Å². The van der Waals surface area contributed by atoms with Gasteiger partial charge in [-0.3, -0.25) is 0 Å². The van der Waals surface area contributed by atoms with Gasteiger partial charge in [0, 0.05) is 11.4 Å². The fourth-order valence-corrected chi connectivity index (χ4v) is 6.57. The minimum absolute atomic E-state index is 0.0223. The maximum absolute atomic E-state index is 12.6. The molecule has 0 saturated carbocycles. The van der Waals surface area contributed by atoms with Crippen LogP contribution in [0.2, 0.25) is 4.34 Å². The molecule has 0 amide bonds. The number of hydrogen-bond acceptors (Lipinski definition) is 4. The summed E-state index contributed by atoms with van der Waals surface area (Å²) in [5.74, 6) is 0. The van der Waals surface area contributed by atoms with Crippen molar-refractivity contribution in [3.8, 4) is 0 Å². The molecule has 3 heterocycles. The highest BCUT2D eigenvalue weighted by Gasteiger charge is 2.37. The lowest BCUT2D eigenvalue weighted by molar-refractivity contribution is 0.402. The van der Waals surface area contributed by atoms with Gasteiger partial charge in [-0.15, -0.1) is 22.7 Å². The predicted octanol–water partition coefficient (Wildman–Crippen LogP) is 3.99. The average molecular weight is 334 g/mol. The number of sulfonamides is 1. The van der Waals surface area contributed by atoms with Crippen LogP contribution in [0.4, 0.5) is 0 Å². The van der Waals surface area contributed by atoms with E-state index in [9.17, 15) is 8.42 Å². The summed E-state index contributed by atoms with van der Waals surface area (Å²) < 4.78 is 27.7. The molecule has 1 saturated heterocycles. The molecule has 2 aromatic rings. The van der Waals surface area contributed by atoms with Gasteiger partial charge < -0.3 is 0 Å². The van der Waals surface area contributed by atoms with E-state index in [0.29, 0.717) is 15.1 Å². The van der Waals surface area contributed by atoms with Crippen molar-refractivity contribution in [2.24, 2.45) is 0 Å². The summed E-state index contributed by atoms with van der Waals surface area (Å²) in [7, 11) is -3.42. The molecule has 0 aromatic carbocycles. The highest BCUT2D eigenvalue weighted by atomic mass is 35.5. The van der Waals surface area contributed by atoms with Crippen molar-refractivity contribution in [3.63, 3.8) is 0 Å². The molecule has 0 aliphatic carbocycles. The first-order valence-corrected chi connectivity index (χ1v) is 9.41. The van der Waals surface area contributed by atoms with Crippen molar-refractivity contribution >= 4 is 44.3 Å². The molecular formula is C12H12ClNO2S3. The second kappa shape index (κ2) is 5.18. The molecule has 1 atom stereocenters. The Morgan fingerprint density at radius 2 is 2.16 bits per heavy atom. The molecule has 0 unspecified atom stereocenters. The van der Waals surface area contributed by atoms with Crippen LogP contribution in [0.25, 0.3) is 0 Å². The quantitative estimate of drug-likeness (QED) is 0.851. The van der Waals surface area contributed by atoms with Gasteiger partial charge >= 0.3 is 0 Å². The van der Waals surface area contributed by atoms with Gasteiger partial charge in [0.05, 0.1) is 10.4 Å². The smallest absolute Gasteiger partial charge is 0.206 e. The van der Waals surface area contributed by atoms with Crippen LogP contribution in [0.3, 0.4) is 0 Å². The second-order valence-electron chi connectivity index (χ2n) is 4.35. The standard InChI is InChI=1S/C12H12ClNO2S3/c13-11-5-6-12(18-11)19(15,16)14-7-1-3-9(14)10-4-2-8-17-10/h2,4-6,8-9H,1,3,7H2/t9-/m1/s1. The first kappa shape index (κ1) is 13.6. The zero-order valence-corrected chi connectivity index (χ0v) is 13.2. The lowest BCUT2D eigenvalue weighted by Crippen LogP contribution is -2.29. The van der Waals surface area contributed by atoms with Crippen molar-refractivity contribution in [3.05, 3.63) is 38.9 Å². The molecule has 1 aliphatic heterocycles. The van der Waals surface area contributed by atoms with Gasteiger partial charge in [-0.1, -0.05) is 17.7 Å². The zero-order valence-electron chi connectivity index (χ0n) is 9.95. The van der Waals surface area contributed by atoms with Crippen LogP contribution in [0.1, 0.15) is 23.8 Å². The molecule has 0 spiro atoms. The Morgan fingerprint density at radius 1 is 1.32 bits per heavy atom. The van der Waals surface area contributed by atoms with Gasteiger partial charge in [0.25, 0.3) is 10.0 Å². The van der Waals surface area contributed by atoms with Crippen LogP contribution >= 0.6 is 34.3 Å². The van der Waals surface area contributed by atoms with E-state index in [-0.39, 0.29) is 6.04 Å². The van der Waals surface area contributed by atoms with E-state index >= 15 is 0 Å². The normalized spacial score (nSPS) is 21.0. The van der Waals surface area contributed by atoms with Gasteiger partial charge in [-0.05, 0) is 36.4 Å². The summed E-state index contributed by atoms with van der Waals surface area (Å²) in [4.78, 5) is 1.11.